The highest BCUT2D eigenvalue weighted by molar-refractivity contribution is 5.96. The first-order chi connectivity index (χ1) is 10.7. The Balaban J connectivity index is 1.92. The summed E-state index contributed by atoms with van der Waals surface area (Å²) in [5, 5.41) is 0. The van der Waals surface area contributed by atoms with Crippen molar-refractivity contribution in [3.63, 3.8) is 0 Å². The van der Waals surface area contributed by atoms with E-state index in [0.29, 0.717) is 34.8 Å². The van der Waals surface area contributed by atoms with Crippen molar-refractivity contribution in [3.05, 3.63) is 17.7 Å². The Hall–Kier alpha value is -1.91. The molecular formula is C17H23NO4. The van der Waals surface area contributed by atoms with Gasteiger partial charge >= 0.3 is 0 Å². The maximum absolute atomic E-state index is 12.9. The van der Waals surface area contributed by atoms with Crippen LogP contribution in [0.15, 0.2) is 12.1 Å². The van der Waals surface area contributed by atoms with Crippen LogP contribution in [-0.4, -0.2) is 44.7 Å². The summed E-state index contributed by atoms with van der Waals surface area (Å²) >= 11 is 0. The predicted octanol–water partition coefficient (Wildman–Crippen LogP) is 2.73. The number of carbonyl (C=O) groups excluding carboxylic acids is 1. The van der Waals surface area contributed by atoms with E-state index in [-0.39, 0.29) is 5.91 Å². The number of fused-ring (bicyclic) bond motifs is 3. The van der Waals surface area contributed by atoms with E-state index < -0.39 is 0 Å². The van der Waals surface area contributed by atoms with E-state index >= 15 is 0 Å². The number of benzene rings is 1. The average Bonchev–Trinajstić information content (AvgIpc) is 2.60. The van der Waals surface area contributed by atoms with Crippen molar-refractivity contribution < 1.29 is 19.0 Å². The fourth-order valence-corrected chi connectivity index (χ4v) is 3.69. The molecule has 22 heavy (non-hydrogen) atoms. The number of rotatable bonds is 4. The number of amides is 1. The maximum Gasteiger partial charge on any atom is 0.254 e. The molecule has 3 aliphatic rings. The van der Waals surface area contributed by atoms with Gasteiger partial charge in [-0.05, 0) is 43.7 Å². The van der Waals surface area contributed by atoms with Crippen molar-refractivity contribution in [2.45, 2.75) is 31.7 Å². The van der Waals surface area contributed by atoms with E-state index in [0.717, 1.165) is 19.4 Å². The molecule has 2 saturated heterocycles. The van der Waals surface area contributed by atoms with Gasteiger partial charge in [-0.1, -0.05) is 0 Å². The maximum atomic E-state index is 12.9. The quantitative estimate of drug-likeness (QED) is 0.858. The van der Waals surface area contributed by atoms with Gasteiger partial charge in [0.1, 0.15) is 0 Å². The van der Waals surface area contributed by atoms with E-state index in [1.54, 1.807) is 33.5 Å². The van der Waals surface area contributed by atoms with Gasteiger partial charge in [-0.2, -0.15) is 0 Å². The molecule has 0 aromatic heterocycles. The Morgan fingerprint density at radius 2 is 1.59 bits per heavy atom. The van der Waals surface area contributed by atoms with Crippen LogP contribution < -0.4 is 14.2 Å². The molecule has 0 radical (unpaired) electrons. The lowest BCUT2D eigenvalue weighted by Gasteiger charge is -2.45. The normalized spacial score (nSPS) is 23.3. The van der Waals surface area contributed by atoms with Crippen LogP contribution in [0.25, 0.3) is 0 Å². The molecule has 0 N–H and O–H groups in total. The van der Waals surface area contributed by atoms with Crippen LogP contribution in [0.5, 0.6) is 17.2 Å². The van der Waals surface area contributed by atoms with Crippen molar-refractivity contribution in [1.82, 2.24) is 4.90 Å². The monoisotopic (exact) mass is 305 g/mol. The molecule has 2 bridgehead atoms. The molecule has 0 unspecified atom stereocenters. The fraction of sp³-hybridized carbons (Fsp3) is 0.588. The first-order valence-corrected chi connectivity index (χ1v) is 7.79. The van der Waals surface area contributed by atoms with E-state index in [4.69, 9.17) is 14.2 Å². The summed E-state index contributed by atoms with van der Waals surface area (Å²) in [6.45, 7) is 0.875. The molecule has 4 rings (SSSR count). The number of piperidine rings is 2. The third kappa shape index (κ3) is 2.49. The molecule has 1 amide bonds. The number of carbonyl (C=O) groups is 1. The summed E-state index contributed by atoms with van der Waals surface area (Å²) < 4.78 is 16.0. The Kier molecular flexibility index (Phi) is 4.14. The van der Waals surface area contributed by atoms with E-state index in [1.165, 1.54) is 12.8 Å². The summed E-state index contributed by atoms with van der Waals surface area (Å²) in [4.78, 5) is 14.9. The molecule has 1 aliphatic carbocycles. The third-order valence-electron chi connectivity index (χ3n) is 4.88. The van der Waals surface area contributed by atoms with Crippen molar-refractivity contribution in [3.8, 4) is 17.2 Å². The highest BCUT2D eigenvalue weighted by atomic mass is 16.5. The molecular weight excluding hydrogens is 282 g/mol. The SMILES string of the molecule is COc1cc(C(=O)N2CC3CCC2CC3)cc(OC)c1OC. The van der Waals surface area contributed by atoms with Crippen molar-refractivity contribution in [1.29, 1.82) is 0 Å². The minimum absolute atomic E-state index is 0.0636. The lowest BCUT2D eigenvalue weighted by molar-refractivity contribution is 0.0333. The van der Waals surface area contributed by atoms with Crippen LogP contribution in [-0.2, 0) is 0 Å². The summed E-state index contributed by atoms with van der Waals surface area (Å²) in [7, 11) is 4.69. The Labute approximate surface area is 131 Å². The summed E-state index contributed by atoms with van der Waals surface area (Å²) in [5.74, 6) is 2.28. The molecule has 5 nitrogen and oxygen atoms in total. The van der Waals surface area contributed by atoms with Crippen molar-refractivity contribution in [2.75, 3.05) is 27.9 Å². The second-order valence-corrected chi connectivity index (χ2v) is 6.05. The van der Waals surface area contributed by atoms with E-state index in [1.807, 2.05) is 4.90 Å². The zero-order valence-electron chi connectivity index (χ0n) is 13.4. The molecule has 1 aromatic carbocycles. The van der Waals surface area contributed by atoms with Gasteiger partial charge in [-0.25, -0.2) is 0 Å². The molecule has 5 heteroatoms. The number of hydrogen-bond acceptors (Lipinski definition) is 4. The first-order valence-electron chi connectivity index (χ1n) is 7.79. The topological polar surface area (TPSA) is 48.0 Å². The minimum Gasteiger partial charge on any atom is -0.493 e. The zero-order valence-corrected chi connectivity index (χ0v) is 13.4. The molecule has 1 aromatic rings. The van der Waals surface area contributed by atoms with Crippen LogP contribution in [0.1, 0.15) is 36.0 Å². The second kappa shape index (κ2) is 6.07. The van der Waals surface area contributed by atoms with Crippen molar-refractivity contribution in [2.24, 2.45) is 5.92 Å². The van der Waals surface area contributed by atoms with E-state index in [9.17, 15) is 4.79 Å². The molecule has 120 valence electrons. The molecule has 0 spiro atoms. The summed E-state index contributed by atoms with van der Waals surface area (Å²) in [6.07, 6.45) is 4.76. The lowest BCUT2D eigenvalue weighted by Crippen LogP contribution is -2.50. The summed E-state index contributed by atoms with van der Waals surface area (Å²) in [6, 6.07) is 3.87. The van der Waals surface area contributed by atoms with Crippen LogP contribution >= 0.6 is 0 Å². The molecule has 3 fully saturated rings. The highest BCUT2D eigenvalue weighted by Crippen LogP contribution is 2.40. The average molecular weight is 305 g/mol. The Morgan fingerprint density at radius 1 is 1.00 bits per heavy atom. The van der Waals surface area contributed by atoms with Gasteiger partial charge in [0.25, 0.3) is 5.91 Å². The Morgan fingerprint density at radius 3 is 2.00 bits per heavy atom. The molecule has 1 saturated carbocycles. The van der Waals surface area contributed by atoms with Gasteiger partial charge < -0.3 is 19.1 Å². The van der Waals surface area contributed by atoms with Gasteiger partial charge in [0.15, 0.2) is 11.5 Å². The number of ether oxygens (including phenoxy) is 3. The van der Waals surface area contributed by atoms with Gasteiger partial charge in [0, 0.05) is 18.2 Å². The van der Waals surface area contributed by atoms with Crippen LogP contribution in [0, 0.1) is 5.92 Å². The van der Waals surface area contributed by atoms with Crippen LogP contribution in [0.2, 0.25) is 0 Å². The second-order valence-electron chi connectivity index (χ2n) is 6.05. The van der Waals surface area contributed by atoms with Crippen LogP contribution in [0.4, 0.5) is 0 Å². The minimum atomic E-state index is 0.0636. The lowest BCUT2D eigenvalue weighted by atomic mass is 9.79. The van der Waals surface area contributed by atoms with Crippen molar-refractivity contribution >= 4 is 5.91 Å². The summed E-state index contributed by atoms with van der Waals surface area (Å²) in [5.41, 5.74) is 0.599. The fourth-order valence-electron chi connectivity index (χ4n) is 3.69. The molecule has 2 aliphatic heterocycles. The Bertz CT molecular complexity index is 539. The first kappa shape index (κ1) is 15.0. The van der Waals surface area contributed by atoms with Crippen LogP contribution in [0.3, 0.4) is 0 Å². The zero-order chi connectivity index (χ0) is 15.7. The van der Waals surface area contributed by atoms with Gasteiger partial charge in [-0.3, -0.25) is 4.79 Å². The number of nitrogens with zero attached hydrogens (tertiary/aromatic N) is 1. The predicted molar refractivity (Wildman–Crippen MR) is 82.9 cm³/mol. The van der Waals surface area contributed by atoms with Gasteiger partial charge in [0.2, 0.25) is 5.75 Å². The smallest absolute Gasteiger partial charge is 0.254 e. The van der Waals surface area contributed by atoms with E-state index in [2.05, 4.69) is 0 Å². The highest BCUT2D eigenvalue weighted by Gasteiger charge is 2.37. The largest absolute Gasteiger partial charge is 0.493 e. The van der Waals surface area contributed by atoms with Gasteiger partial charge in [0.05, 0.1) is 21.3 Å². The molecule has 2 heterocycles. The molecule has 0 atom stereocenters. The number of hydrogen-bond donors (Lipinski definition) is 0. The standard InChI is InChI=1S/C17H23NO4/c1-20-14-8-12(9-15(21-2)16(14)22-3)17(19)18-10-11-4-6-13(18)7-5-11/h8-9,11,13H,4-7,10H2,1-3H3. The third-order valence-corrected chi connectivity index (χ3v) is 4.88. The van der Waals surface area contributed by atoms with Gasteiger partial charge in [-0.15, -0.1) is 0 Å². The number of methoxy groups -OCH3 is 3.